The van der Waals surface area contributed by atoms with Gasteiger partial charge in [-0.15, -0.1) is 0 Å². The molecule has 0 aliphatic heterocycles. The monoisotopic (exact) mass is 339 g/mol. The smallest absolute Gasteiger partial charge is 0.256 e. The van der Waals surface area contributed by atoms with Crippen LogP contribution in [0.2, 0.25) is 0 Å². The highest BCUT2D eigenvalue weighted by molar-refractivity contribution is 6.04. The predicted octanol–water partition coefficient (Wildman–Crippen LogP) is 3.79. The number of benzene rings is 2. The second-order valence-corrected chi connectivity index (χ2v) is 5.95. The van der Waals surface area contributed by atoms with E-state index in [4.69, 9.17) is 4.52 Å². The third kappa shape index (κ3) is 4.10. The summed E-state index contributed by atoms with van der Waals surface area (Å²) in [6, 6.07) is 15.1. The fraction of sp³-hybridized carbons (Fsp3) is 0.158. The number of hydrogen-bond donors (Lipinski definition) is 1. The zero-order valence-electron chi connectivity index (χ0n) is 14.0. The number of hydrogen-bond acceptors (Lipinski definition) is 4. The van der Waals surface area contributed by atoms with Crippen LogP contribution in [0.15, 0.2) is 59.1 Å². The fourth-order valence-corrected chi connectivity index (χ4v) is 2.49. The largest absolute Gasteiger partial charge is 0.354 e. The second kappa shape index (κ2) is 7.27. The summed E-state index contributed by atoms with van der Waals surface area (Å²) in [4.78, 5) is 14.4. The molecule has 1 amide bonds. The van der Waals surface area contributed by atoms with Crippen molar-refractivity contribution in [1.82, 2.24) is 10.1 Å². The van der Waals surface area contributed by atoms with Crippen LogP contribution in [0.1, 0.15) is 15.9 Å². The molecule has 0 unspecified atom stereocenters. The highest BCUT2D eigenvalue weighted by atomic mass is 19.1. The van der Waals surface area contributed by atoms with Crippen LogP contribution in [0, 0.1) is 5.82 Å². The van der Waals surface area contributed by atoms with Crippen LogP contribution in [-0.2, 0) is 6.54 Å². The Bertz CT molecular complexity index is 890. The number of anilines is 1. The molecule has 3 aromatic rings. The molecule has 5 nitrogen and oxygen atoms in total. The molecule has 3 rings (SSSR count). The molecule has 0 radical (unpaired) electrons. The SMILES string of the molecule is CN(C)Cc1cccc(C(=O)Nc2cc(-c3ccccc3F)on2)c1. The standard InChI is InChI=1S/C19H18FN3O2/c1-23(2)12-13-6-5-7-14(10-13)19(24)21-18-11-17(25-22-18)15-8-3-4-9-16(15)20/h3-11H,12H2,1-2H3,(H,21,22,24). The van der Waals surface area contributed by atoms with Crippen molar-refractivity contribution in [1.29, 1.82) is 0 Å². The van der Waals surface area contributed by atoms with Crippen molar-refractivity contribution in [2.75, 3.05) is 19.4 Å². The molecule has 0 fully saturated rings. The van der Waals surface area contributed by atoms with Gasteiger partial charge in [-0.2, -0.15) is 0 Å². The lowest BCUT2D eigenvalue weighted by atomic mass is 10.1. The van der Waals surface area contributed by atoms with Crippen molar-refractivity contribution >= 4 is 11.7 Å². The van der Waals surface area contributed by atoms with Gasteiger partial charge in [0.25, 0.3) is 5.91 Å². The number of rotatable bonds is 5. The van der Waals surface area contributed by atoms with E-state index in [1.54, 1.807) is 24.3 Å². The van der Waals surface area contributed by atoms with E-state index in [9.17, 15) is 9.18 Å². The van der Waals surface area contributed by atoms with Gasteiger partial charge < -0.3 is 14.7 Å². The number of amides is 1. The Morgan fingerprint density at radius 1 is 1.16 bits per heavy atom. The molecule has 0 saturated carbocycles. The lowest BCUT2D eigenvalue weighted by Gasteiger charge is -2.10. The number of nitrogens with one attached hydrogen (secondary N) is 1. The summed E-state index contributed by atoms with van der Waals surface area (Å²) >= 11 is 0. The molecular formula is C19H18FN3O2. The van der Waals surface area contributed by atoms with Crippen molar-refractivity contribution in [2.24, 2.45) is 0 Å². The van der Waals surface area contributed by atoms with E-state index in [1.165, 1.54) is 12.1 Å². The molecular weight excluding hydrogens is 321 g/mol. The molecule has 0 aliphatic rings. The van der Waals surface area contributed by atoms with E-state index in [0.29, 0.717) is 11.1 Å². The molecule has 1 heterocycles. The molecule has 0 saturated heterocycles. The van der Waals surface area contributed by atoms with Crippen LogP contribution >= 0.6 is 0 Å². The van der Waals surface area contributed by atoms with Crippen LogP contribution in [0.25, 0.3) is 11.3 Å². The van der Waals surface area contributed by atoms with E-state index in [1.807, 2.05) is 37.2 Å². The summed E-state index contributed by atoms with van der Waals surface area (Å²) < 4.78 is 18.9. The molecule has 128 valence electrons. The van der Waals surface area contributed by atoms with Crippen LogP contribution in [0.5, 0.6) is 0 Å². The van der Waals surface area contributed by atoms with Gasteiger partial charge in [0.1, 0.15) is 5.82 Å². The first-order valence-electron chi connectivity index (χ1n) is 7.79. The van der Waals surface area contributed by atoms with Gasteiger partial charge in [0, 0.05) is 18.2 Å². The van der Waals surface area contributed by atoms with Crippen molar-refractivity contribution in [3.05, 3.63) is 71.5 Å². The van der Waals surface area contributed by atoms with E-state index in [-0.39, 0.29) is 17.5 Å². The van der Waals surface area contributed by atoms with Crippen molar-refractivity contribution in [2.45, 2.75) is 6.54 Å². The Kier molecular flexibility index (Phi) is 4.90. The molecule has 0 aliphatic carbocycles. The minimum Gasteiger partial charge on any atom is -0.354 e. The number of carbonyl (C=O) groups excluding carboxylic acids is 1. The lowest BCUT2D eigenvalue weighted by molar-refractivity contribution is 0.102. The van der Waals surface area contributed by atoms with E-state index < -0.39 is 5.82 Å². The van der Waals surface area contributed by atoms with E-state index in [2.05, 4.69) is 10.5 Å². The molecule has 25 heavy (non-hydrogen) atoms. The summed E-state index contributed by atoms with van der Waals surface area (Å²) in [5, 5.41) is 6.46. The Hall–Kier alpha value is -2.99. The van der Waals surface area contributed by atoms with Crippen LogP contribution < -0.4 is 5.32 Å². The van der Waals surface area contributed by atoms with Crippen LogP contribution in [0.3, 0.4) is 0 Å². The third-order valence-corrected chi connectivity index (χ3v) is 3.58. The number of halogens is 1. The molecule has 1 aromatic heterocycles. The van der Waals surface area contributed by atoms with Gasteiger partial charge >= 0.3 is 0 Å². The maximum atomic E-state index is 13.8. The summed E-state index contributed by atoms with van der Waals surface area (Å²) in [5.41, 5.74) is 1.85. The summed E-state index contributed by atoms with van der Waals surface area (Å²) in [6.45, 7) is 0.739. The van der Waals surface area contributed by atoms with Crippen LogP contribution in [0.4, 0.5) is 10.2 Å². The van der Waals surface area contributed by atoms with Gasteiger partial charge in [-0.25, -0.2) is 4.39 Å². The topological polar surface area (TPSA) is 58.4 Å². The summed E-state index contributed by atoms with van der Waals surface area (Å²) in [7, 11) is 3.93. The zero-order chi connectivity index (χ0) is 17.8. The molecule has 2 aromatic carbocycles. The van der Waals surface area contributed by atoms with Crippen molar-refractivity contribution < 1.29 is 13.7 Å². The normalized spacial score (nSPS) is 10.9. The average molecular weight is 339 g/mol. The maximum absolute atomic E-state index is 13.8. The average Bonchev–Trinajstić information content (AvgIpc) is 3.03. The van der Waals surface area contributed by atoms with Gasteiger partial charge in [-0.3, -0.25) is 4.79 Å². The van der Waals surface area contributed by atoms with E-state index in [0.717, 1.165) is 12.1 Å². The Balaban J connectivity index is 1.75. The zero-order valence-corrected chi connectivity index (χ0v) is 14.0. The molecule has 6 heteroatoms. The molecule has 0 bridgehead atoms. The van der Waals surface area contributed by atoms with Crippen molar-refractivity contribution in [3.63, 3.8) is 0 Å². The van der Waals surface area contributed by atoms with Gasteiger partial charge in [-0.05, 0) is 43.9 Å². The molecule has 0 spiro atoms. The first-order valence-corrected chi connectivity index (χ1v) is 7.79. The van der Waals surface area contributed by atoms with E-state index >= 15 is 0 Å². The van der Waals surface area contributed by atoms with Gasteiger partial charge in [-0.1, -0.05) is 29.4 Å². The minimum absolute atomic E-state index is 0.237. The quantitative estimate of drug-likeness (QED) is 0.768. The third-order valence-electron chi connectivity index (χ3n) is 3.58. The van der Waals surface area contributed by atoms with Crippen molar-refractivity contribution in [3.8, 4) is 11.3 Å². The predicted molar refractivity (Wildman–Crippen MR) is 93.7 cm³/mol. The van der Waals surface area contributed by atoms with Gasteiger partial charge in [0.15, 0.2) is 11.6 Å². The Morgan fingerprint density at radius 2 is 1.96 bits per heavy atom. The highest BCUT2D eigenvalue weighted by Crippen LogP contribution is 2.25. The number of aromatic nitrogens is 1. The van der Waals surface area contributed by atoms with Gasteiger partial charge in [0.05, 0.1) is 5.56 Å². The van der Waals surface area contributed by atoms with Gasteiger partial charge in [0.2, 0.25) is 0 Å². The Labute approximate surface area is 145 Å². The Morgan fingerprint density at radius 3 is 2.72 bits per heavy atom. The second-order valence-electron chi connectivity index (χ2n) is 5.95. The summed E-state index contributed by atoms with van der Waals surface area (Å²) in [5.74, 6) is -0.210. The minimum atomic E-state index is -0.409. The number of nitrogens with zero attached hydrogens (tertiary/aromatic N) is 2. The van der Waals surface area contributed by atoms with Crippen LogP contribution in [-0.4, -0.2) is 30.1 Å². The molecule has 1 N–H and O–H groups in total. The first kappa shape index (κ1) is 16.9. The highest BCUT2D eigenvalue weighted by Gasteiger charge is 2.13. The summed E-state index contributed by atoms with van der Waals surface area (Å²) in [6.07, 6.45) is 0. The maximum Gasteiger partial charge on any atom is 0.256 e. The molecule has 0 atom stereocenters. The first-order chi connectivity index (χ1) is 12.0. The lowest BCUT2D eigenvalue weighted by Crippen LogP contribution is -2.14. The fourth-order valence-electron chi connectivity index (χ4n) is 2.49. The number of carbonyl (C=O) groups is 1.